The van der Waals surface area contributed by atoms with Gasteiger partial charge in [-0.3, -0.25) is 0 Å². The van der Waals surface area contributed by atoms with Crippen molar-refractivity contribution >= 4 is 23.5 Å². The Labute approximate surface area is 117 Å². The molecule has 2 nitrogen and oxygen atoms in total. The highest BCUT2D eigenvalue weighted by molar-refractivity contribution is 7.12. The summed E-state index contributed by atoms with van der Waals surface area (Å²) in [6, 6.07) is 7.50. The molecule has 0 aliphatic rings. The van der Waals surface area contributed by atoms with Crippen molar-refractivity contribution in [3.05, 3.63) is 45.1 Å². The summed E-state index contributed by atoms with van der Waals surface area (Å²) in [6.07, 6.45) is 3.88. The molecule has 0 saturated heterocycles. The van der Waals surface area contributed by atoms with Crippen LogP contribution in [-0.4, -0.2) is 10.2 Å². The van der Waals surface area contributed by atoms with Gasteiger partial charge in [0.05, 0.1) is 0 Å². The summed E-state index contributed by atoms with van der Waals surface area (Å²) in [5.74, 6) is 0.395. The van der Waals surface area contributed by atoms with Crippen LogP contribution >= 0.6 is 11.3 Å². The number of benzene rings is 1. The zero-order valence-electron chi connectivity index (χ0n) is 11.3. The number of thiophene rings is 1. The second kappa shape index (κ2) is 5.49. The Kier molecular flexibility index (Phi) is 3.96. The molecular weight excluding hydrogens is 256 g/mol. The monoisotopic (exact) mass is 274 g/mol. The van der Waals surface area contributed by atoms with Crippen LogP contribution in [0.3, 0.4) is 0 Å². The summed E-state index contributed by atoms with van der Waals surface area (Å²) in [7, 11) is 0. The number of aryl methyl sites for hydroxylation is 1. The third-order valence-electron chi connectivity index (χ3n) is 2.94. The number of hydrogen-bond acceptors (Lipinski definition) is 3. The molecule has 1 heterocycles. The standard InChI is InChI=1S/C16H18O2S/c1-10(2)16-14(17)8-12(9-15(16)18)5-7-13-6-4-11(3)19-13/h4-10,17-18H,1-3H3/b7-5+. The summed E-state index contributed by atoms with van der Waals surface area (Å²) >= 11 is 1.71. The lowest BCUT2D eigenvalue weighted by Crippen LogP contribution is -1.90. The first-order chi connectivity index (χ1) is 8.97. The summed E-state index contributed by atoms with van der Waals surface area (Å²) in [4.78, 5) is 2.42. The van der Waals surface area contributed by atoms with Gasteiger partial charge in [0.15, 0.2) is 0 Å². The second-order valence-electron chi connectivity index (χ2n) is 4.91. The van der Waals surface area contributed by atoms with Crippen LogP contribution in [0.5, 0.6) is 11.5 Å². The van der Waals surface area contributed by atoms with Crippen LogP contribution < -0.4 is 0 Å². The molecule has 100 valence electrons. The molecule has 1 aromatic carbocycles. The second-order valence-corrected chi connectivity index (χ2v) is 6.23. The zero-order valence-corrected chi connectivity index (χ0v) is 12.2. The van der Waals surface area contributed by atoms with Crippen molar-refractivity contribution < 1.29 is 10.2 Å². The van der Waals surface area contributed by atoms with E-state index in [-0.39, 0.29) is 17.4 Å². The van der Waals surface area contributed by atoms with E-state index in [0.29, 0.717) is 5.56 Å². The highest BCUT2D eigenvalue weighted by atomic mass is 32.1. The van der Waals surface area contributed by atoms with Crippen molar-refractivity contribution in [2.45, 2.75) is 26.7 Å². The minimum absolute atomic E-state index is 0.0953. The summed E-state index contributed by atoms with van der Waals surface area (Å²) in [5, 5.41) is 19.9. The Balaban J connectivity index is 2.29. The van der Waals surface area contributed by atoms with E-state index >= 15 is 0 Å². The topological polar surface area (TPSA) is 40.5 Å². The van der Waals surface area contributed by atoms with Gasteiger partial charge in [-0.25, -0.2) is 0 Å². The summed E-state index contributed by atoms with van der Waals surface area (Å²) in [5.41, 5.74) is 1.40. The first-order valence-corrected chi connectivity index (χ1v) is 7.09. The lowest BCUT2D eigenvalue weighted by molar-refractivity contribution is 0.433. The average molecular weight is 274 g/mol. The van der Waals surface area contributed by atoms with E-state index in [0.717, 1.165) is 10.4 Å². The Bertz CT molecular complexity index is 586. The maximum absolute atomic E-state index is 9.95. The van der Waals surface area contributed by atoms with Crippen molar-refractivity contribution in [1.29, 1.82) is 0 Å². The first-order valence-electron chi connectivity index (χ1n) is 6.27. The number of phenolic OH excluding ortho intramolecular Hbond substituents is 2. The van der Waals surface area contributed by atoms with E-state index in [9.17, 15) is 10.2 Å². The van der Waals surface area contributed by atoms with Crippen LogP contribution in [-0.2, 0) is 0 Å². The smallest absolute Gasteiger partial charge is 0.123 e. The molecule has 0 bridgehead atoms. The molecule has 2 aromatic rings. The minimum Gasteiger partial charge on any atom is -0.507 e. The summed E-state index contributed by atoms with van der Waals surface area (Å²) in [6.45, 7) is 5.95. The number of rotatable bonds is 3. The van der Waals surface area contributed by atoms with Gasteiger partial charge in [-0.2, -0.15) is 0 Å². The third-order valence-corrected chi connectivity index (χ3v) is 3.90. The van der Waals surface area contributed by atoms with Gasteiger partial charge in [0, 0.05) is 15.3 Å². The van der Waals surface area contributed by atoms with Crippen LogP contribution in [0.2, 0.25) is 0 Å². The van der Waals surface area contributed by atoms with Gasteiger partial charge >= 0.3 is 0 Å². The SMILES string of the molecule is Cc1ccc(/C=C/c2cc(O)c(C(C)C)c(O)c2)s1. The van der Waals surface area contributed by atoms with E-state index in [4.69, 9.17) is 0 Å². The van der Waals surface area contributed by atoms with E-state index < -0.39 is 0 Å². The Hall–Kier alpha value is -1.74. The third kappa shape index (κ3) is 3.18. The molecule has 2 rings (SSSR count). The van der Waals surface area contributed by atoms with Crippen molar-refractivity contribution in [2.24, 2.45) is 0 Å². The van der Waals surface area contributed by atoms with Crippen LogP contribution in [0, 0.1) is 6.92 Å². The quantitative estimate of drug-likeness (QED) is 0.847. The van der Waals surface area contributed by atoms with E-state index in [1.165, 1.54) is 4.88 Å². The Morgan fingerprint density at radius 3 is 2.16 bits per heavy atom. The van der Waals surface area contributed by atoms with Crippen LogP contribution in [0.1, 0.15) is 40.6 Å². The normalized spacial score (nSPS) is 11.6. The molecule has 0 radical (unpaired) electrons. The molecule has 0 atom stereocenters. The predicted molar refractivity (Wildman–Crippen MR) is 81.8 cm³/mol. The maximum atomic E-state index is 9.95. The zero-order chi connectivity index (χ0) is 14.0. The van der Waals surface area contributed by atoms with E-state index in [1.54, 1.807) is 23.5 Å². The molecule has 0 saturated carbocycles. The van der Waals surface area contributed by atoms with Crippen molar-refractivity contribution in [3.8, 4) is 11.5 Å². The van der Waals surface area contributed by atoms with E-state index in [2.05, 4.69) is 19.1 Å². The molecule has 0 unspecified atom stereocenters. The fraction of sp³-hybridized carbons (Fsp3) is 0.250. The molecule has 0 amide bonds. The van der Waals surface area contributed by atoms with Crippen molar-refractivity contribution in [1.82, 2.24) is 0 Å². The van der Waals surface area contributed by atoms with Gasteiger partial charge in [-0.15, -0.1) is 11.3 Å². The average Bonchev–Trinajstić information content (AvgIpc) is 2.71. The number of aromatic hydroxyl groups is 2. The number of hydrogen-bond donors (Lipinski definition) is 2. The first kappa shape index (κ1) is 13.7. The Morgan fingerprint density at radius 2 is 1.68 bits per heavy atom. The highest BCUT2D eigenvalue weighted by Gasteiger charge is 2.12. The number of phenols is 2. The molecule has 0 fully saturated rings. The van der Waals surface area contributed by atoms with Crippen LogP contribution in [0.4, 0.5) is 0 Å². The Morgan fingerprint density at radius 1 is 1.05 bits per heavy atom. The molecule has 1 aromatic heterocycles. The molecule has 3 heteroatoms. The molecule has 19 heavy (non-hydrogen) atoms. The van der Waals surface area contributed by atoms with Gasteiger partial charge in [0.2, 0.25) is 0 Å². The van der Waals surface area contributed by atoms with Crippen LogP contribution in [0.15, 0.2) is 24.3 Å². The highest BCUT2D eigenvalue weighted by Crippen LogP contribution is 2.35. The lowest BCUT2D eigenvalue weighted by atomic mass is 9.99. The lowest BCUT2D eigenvalue weighted by Gasteiger charge is -2.11. The van der Waals surface area contributed by atoms with Gasteiger partial charge < -0.3 is 10.2 Å². The molecule has 2 N–H and O–H groups in total. The van der Waals surface area contributed by atoms with Gasteiger partial charge in [0.1, 0.15) is 11.5 Å². The van der Waals surface area contributed by atoms with E-state index in [1.807, 2.05) is 26.0 Å². The fourth-order valence-electron chi connectivity index (χ4n) is 2.05. The largest absolute Gasteiger partial charge is 0.507 e. The van der Waals surface area contributed by atoms with Crippen molar-refractivity contribution in [3.63, 3.8) is 0 Å². The predicted octanol–water partition coefficient (Wildman–Crippen LogP) is 4.76. The van der Waals surface area contributed by atoms with Crippen molar-refractivity contribution in [2.75, 3.05) is 0 Å². The fourth-order valence-corrected chi connectivity index (χ4v) is 2.83. The summed E-state index contributed by atoms with van der Waals surface area (Å²) < 4.78 is 0. The van der Waals surface area contributed by atoms with Gasteiger partial charge in [-0.1, -0.05) is 19.9 Å². The van der Waals surface area contributed by atoms with Gasteiger partial charge in [-0.05, 0) is 48.7 Å². The molecule has 0 aliphatic carbocycles. The molecular formula is C16H18O2S. The molecule has 0 spiro atoms. The minimum atomic E-state index is 0.0953. The molecule has 0 aliphatic heterocycles. The maximum Gasteiger partial charge on any atom is 0.123 e. The van der Waals surface area contributed by atoms with Crippen LogP contribution in [0.25, 0.3) is 12.2 Å². The van der Waals surface area contributed by atoms with Gasteiger partial charge in [0.25, 0.3) is 0 Å².